The minimum absolute atomic E-state index is 0.0626. The molecule has 3 heteroatoms. The van der Waals surface area contributed by atoms with Crippen LogP contribution in [0.3, 0.4) is 0 Å². The van der Waals surface area contributed by atoms with E-state index in [9.17, 15) is 4.79 Å². The van der Waals surface area contributed by atoms with E-state index in [2.05, 4.69) is 0 Å². The van der Waals surface area contributed by atoms with E-state index < -0.39 is 0 Å². The molecule has 0 aliphatic heterocycles. The molecule has 23 heavy (non-hydrogen) atoms. The number of nitrogens with zero attached hydrogens (tertiary/aromatic N) is 1. The first kappa shape index (κ1) is 14.9. The second kappa shape index (κ2) is 6.79. The fourth-order valence-corrected chi connectivity index (χ4v) is 2.50. The number of nitrogens with two attached hydrogens (primary N) is 1. The molecular weight excluding hydrogens is 284 g/mol. The number of amides is 1. The molecule has 114 valence electrons. The molecule has 0 saturated carbocycles. The van der Waals surface area contributed by atoms with Gasteiger partial charge in [-0.3, -0.25) is 4.79 Å². The first-order valence-corrected chi connectivity index (χ1v) is 7.51. The Morgan fingerprint density at radius 2 is 1.35 bits per heavy atom. The summed E-state index contributed by atoms with van der Waals surface area (Å²) in [4.78, 5) is 14.7. The molecule has 0 unspecified atom stereocenters. The van der Waals surface area contributed by atoms with Crippen LogP contribution >= 0.6 is 0 Å². The third-order valence-electron chi connectivity index (χ3n) is 3.68. The van der Waals surface area contributed by atoms with Gasteiger partial charge in [-0.2, -0.15) is 0 Å². The highest BCUT2D eigenvalue weighted by atomic mass is 16.2. The van der Waals surface area contributed by atoms with Crippen LogP contribution in [0.15, 0.2) is 84.9 Å². The molecule has 0 saturated heterocycles. The molecule has 0 aromatic heterocycles. The van der Waals surface area contributed by atoms with E-state index in [1.54, 1.807) is 4.90 Å². The van der Waals surface area contributed by atoms with Crippen molar-refractivity contribution in [3.63, 3.8) is 0 Å². The summed E-state index contributed by atoms with van der Waals surface area (Å²) in [5, 5.41) is 0. The van der Waals surface area contributed by atoms with Gasteiger partial charge in [0.2, 0.25) is 0 Å². The normalized spacial score (nSPS) is 10.3. The first-order valence-electron chi connectivity index (χ1n) is 7.51. The van der Waals surface area contributed by atoms with Gasteiger partial charge in [0.25, 0.3) is 5.91 Å². The lowest BCUT2D eigenvalue weighted by Crippen LogP contribution is -2.31. The predicted molar refractivity (Wildman–Crippen MR) is 94.3 cm³/mol. The fourth-order valence-electron chi connectivity index (χ4n) is 2.50. The number of benzene rings is 3. The number of carbonyl (C=O) groups is 1. The molecule has 0 bridgehead atoms. The van der Waals surface area contributed by atoms with E-state index in [0.29, 0.717) is 17.8 Å². The summed E-state index contributed by atoms with van der Waals surface area (Å²) in [5.74, 6) is -0.0626. The van der Waals surface area contributed by atoms with Crippen molar-refractivity contribution < 1.29 is 4.79 Å². The zero-order valence-electron chi connectivity index (χ0n) is 12.7. The third-order valence-corrected chi connectivity index (χ3v) is 3.68. The predicted octanol–water partition coefficient (Wildman–Crippen LogP) is 4.12. The topological polar surface area (TPSA) is 46.3 Å². The van der Waals surface area contributed by atoms with Gasteiger partial charge >= 0.3 is 0 Å². The van der Waals surface area contributed by atoms with Crippen LogP contribution in [-0.2, 0) is 6.54 Å². The number of hydrogen-bond acceptors (Lipinski definition) is 2. The van der Waals surface area contributed by atoms with E-state index in [1.807, 2.05) is 84.9 Å². The van der Waals surface area contributed by atoms with E-state index in [1.165, 1.54) is 0 Å². The zero-order chi connectivity index (χ0) is 16.1. The summed E-state index contributed by atoms with van der Waals surface area (Å²) < 4.78 is 0. The molecule has 0 aliphatic carbocycles. The number of nitrogen functional groups attached to an aromatic ring is 1. The van der Waals surface area contributed by atoms with E-state index in [0.717, 1.165) is 11.3 Å². The van der Waals surface area contributed by atoms with E-state index in [4.69, 9.17) is 5.73 Å². The maximum atomic E-state index is 13.0. The standard InChI is InChI=1S/C20H18N2O/c21-18-13-7-8-14-19(18)22(15-16-9-3-1-4-10-16)20(23)17-11-5-2-6-12-17/h1-14H,15,21H2. The lowest BCUT2D eigenvalue weighted by atomic mass is 10.1. The van der Waals surface area contributed by atoms with Gasteiger partial charge in [0.05, 0.1) is 17.9 Å². The Morgan fingerprint density at radius 3 is 2.00 bits per heavy atom. The largest absolute Gasteiger partial charge is 0.397 e. The summed E-state index contributed by atoms with van der Waals surface area (Å²) in [6, 6.07) is 26.6. The second-order valence-corrected chi connectivity index (χ2v) is 5.30. The summed E-state index contributed by atoms with van der Waals surface area (Å²) in [6.07, 6.45) is 0. The van der Waals surface area contributed by atoms with E-state index in [-0.39, 0.29) is 5.91 Å². The maximum Gasteiger partial charge on any atom is 0.258 e. The molecule has 0 aliphatic rings. The summed E-state index contributed by atoms with van der Waals surface area (Å²) in [5.41, 5.74) is 9.12. The molecule has 0 radical (unpaired) electrons. The highest BCUT2D eigenvalue weighted by Gasteiger charge is 2.19. The van der Waals surface area contributed by atoms with Gasteiger partial charge in [-0.1, -0.05) is 60.7 Å². The van der Waals surface area contributed by atoms with Crippen molar-refractivity contribution in [2.75, 3.05) is 10.6 Å². The molecule has 0 atom stereocenters. The van der Waals surface area contributed by atoms with Crippen LogP contribution in [0.1, 0.15) is 15.9 Å². The van der Waals surface area contributed by atoms with Gasteiger partial charge in [0.15, 0.2) is 0 Å². The lowest BCUT2D eigenvalue weighted by Gasteiger charge is -2.24. The van der Waals surface area contributed by atoms with Crippen molar-refractivity contribution in [3.05, 3.63) is 96.1 Å². The molecule has 2 N–H and O–H groups in total. The zero-order valence-corrected chi connectivity index (χ0v) is 12.7. The van der Waals surface area contributed by atoms with Crippen LogP contribution in [0.5, 0.6) is 0 Å². The van der Waals surface area contributed by atoms with Crippen molar-refractivity contribution in [2.45, 2.75) is 6.54 Å². The number of para-hydroxylation sites is 2. The number of anilines is 2. The Labute approximate surface area is 136 Å². The van der Waals surface area contributed by atoms with Gasteiger partial charge in [0.1, 0.15) is 0 Å². The Hall–Kier alpha value is -3.07. The third kappa shape index (κ3) is 3.40. The minimum atomic E-state index is -0.0626. The Morgan fingerprint density at radius 1 is 0.783 bits per heavy atom. The summed E-state index contributed by atoms with van der Waals surface area (Å²) in [6.45, 7) is 0.475. The highest BCUT2D eigenvalue weighted by Crippen LogP contribution is 2.26. The van der Waals surface area contributed by atoms with Crippen molar-refractivity contribution in [1.82, 2.24) is 0 Å². The molecule has 3 aromatic rings. The smallest absolute Gasteiger partial charge is 0.258 e. The van der Waals surface area contributed by atoms with Gasteiger partial charge in [0, 0.05) is 5.56 Å². The van der Waals surface area contributed by atoms with Gasteiger partial charge in [-0.25, -0.2) is 0 Å². The number of carbonyl (C=O) groups excluding carboxylic acids is 1. The number of rotatable bonds is 4. The first-order chi connectivity index (χ1) is 11.3. The molecular formula is C20H18N2O. The molecule has 3 aromatic carbocycles. The molecule has 3 nitrogen and oxygen atoms in total. The van der Waals surface area contributed by atoms with Crippen molar-refractivity contribution in [3.8, 4) is 0 Å². The molecule has 1 amide bonds. The fraction of sp³-hybridized carbons (Fsp3) is 0.0500. The number of hydrogen-bond donors (Lipinski definition) is 1. The summed E-state index contributed by atoms with van der Waals surface area (Å²) >= 11 is 0. The van der Waals surface area contributed by atoms with Gasteiger partial charge in [-0.05, 0) is 29.8 Å². The van der Waals surface area contributed by atoms with E-state index >= 15 is 0 Å². The second-order valence-electron chi connectivity index (χ2n) is 5.30. The highest BCUT2D eigenvalue weighted by molar-refractivity contribution is 6.07. The van der Waals surface area contributed by atoms with Crippen molar-refractivity contribution in [1.29, 1.82) is 0 Å². The van der Waals surface area contributed by atoms with Crippen LogP contribution in [0.25, 0.3) is 0 Å². The van der Waals surface area contributed by atoms with Crippen LogP contribution in [0.4, 0.5) is 11.4 Å². The van der Waals surface area contributed by atoms with Crippen LogP contribution in [0, 0.1) is 0 Å². The molecule has 0 spiro atoms. The Balaban J connectivity index is 2.00. The minimum Gasteiger partial charge on any atom is -0.397 e. The van der Waals surface area contributed by atoms with Gasteiger partial charge in [-0.15, -0.1) is 0 Å². The molecule has 0 fully saturated rings. The van der Waals surface area contributed by atoms with Crippen molar-refractivity contribution >= 4 is 17.3 Å². The maximum absolute atomic E-state index is 13.0. The average molecular weight is 302 g/mol. The molecule has 0 heterocycles. The van der Waals surface area contributed by atoms with Crippen LogP contribution < -0.4 is 10.6 Å². The Kier molecular flexibility index (Phi) is 4.39. The van der Waals surface area contributed by atoms with Crippen LogP contribution in [0.2, 0.25) is 0 Å². The average Bonchev–Trinajstić information content (AvgIpc) is 2.61. The monoisotopic (exact) mass is 302 g/mol. The van der Waals surface area contributed by atoms with Crippen LogP contribution in [-0.4, -0.2) is 5.91 Å². The Bertz CT molecular complexity index is 785. The molecule has 3 rings (SSSR count). The summed E-state index contributed by atoms with van der Waals surface area (Å²) in [7, 11) is 0. The lowest BCUT2D eigenvalue weighted by molar-refractivity contribution is 0.0985. The van der Waals surface area contributed by atoms with Crippen molar-refractivity contribution in [2.24, 2.45) is 0 Å². The SMILES string of the molecule is Nc1ccccc1N(Cc1ccccc1)C(=O)c1ccccc1. The quantitative estimate of drug-likeness (QED) is 0.737. The van der Waals surface area contributed by atoms with Gasteiger partial charge < -0.3 is 10.6 Å².